The quantitative estimate of drug-likeness (QED) is 0.527. The fourth-order valence-corrected chi connectivity index (χ4v) is 3.47. The second-order valence-electron chi connectivity index (χ2n) is 6.68. The number of piperazine rings is 1. The molecule has 8 nitrogen and oxygen atoms in total. The van der Waals surface area contributed by atoms with Crippen LogP contribution in [0.5, 0.6) is 11.5 Å². The van der Waals surface area contributed by atoms with Gasteiger partial charge in [0.2, 0.25) is 0 Å². The number of aryl methyl sites for hydroxylation is 1. The van der Waals surface area contributed by atoms with Gasteiger partial charge in [0.15, 0.2) is 6.61 Å². The third-order valence-electron chi connectivity index (χ3n) is 4.84. The molecule has 2 aromatic rings. The van der Waals surface area contributed by atoms with Gasteiger partial charge >= 0.3 is 0 Å². The maximum Gasteiger partial charge on any atom is 0.296 e. The lowest BCUT2D eigenvalue weighted by Gasteiger charge is -2.35. The minimum atomic E-state index is -0.419. The van der Waals surface area contributed by atoms with E-state index in [1.54, 1.807) is 35.2 Å². The van der Waals surface area contributed by atoms with Gasteiger partial charge in [0.1, 0.15) is 17.2 Å². The Balaban J connectivity index is 1.59. The fraction of sp³-hybridized carbons (Fsp3) is 0.350. The standard InChI is InChI=1S/C20H22ClN3O5/c1-14-11-15(21)3-6-19(14)29-13-20(25)23-9-7-22(8-10-23)17-5-4-16(28-2)12-18(17)24(26)27/h3-6,11-12H,7-10,13H2,1-2H3. The van der Waals surface area contributed by atoms with Gasteiger partial charge < -0.3 is 19.3 Å². The number of hydrogen-bond acceptors (Lipinski definition) is 6. The third-order valence-corrected chi connectivity index (χ3v) is 5.08. The van der Waals surface area contributed by atoms with Crippen LogP contribution in [0, 0.1) is 17.0 Å². The molecule has 1 aliphatic heterocycles. The number of nitrogens with zero attached hydrogens (tertiary/aromatic N) is 3. The fourth-order valence-electron chi connectivity index (χ4n) is 3.25. The summed E-state index contributed by atoms with van der Waals surface area (Å²) in [7, 11) is 1.47. The molecular weight excluding hydrogens is 398 g/mol. The summed E-state index contributed by atoms with van der Waals surface area (Å²) in [6.07, 6.45) is 0. The molecule has 154 valence electrons. The number of anilines is 1. The first kappa shape index (κ1) is 20.7. The predicted octanol–water partition coefficient (Wildman–Crippen LogP) is 3.29. The smallest absolute Gasteiger partial charge is 0.296 e. The van der Waals surface area contributed by atoms with Crippen molar-refractivity contribution in [1.29, 1.82) is 0 Å². The molecule has 0 N–H and O–H groups in total. The van der Waals surface area contributed by atoms with Crippen molar-refractivity contribution < 1.29 is 19.2 Å². The SMILES string of the molecule is COc1ccc(N2CCN(C(=O)COc3ccc(Cl)cc3C)CC2)c([N+](=O)[O-])c1. The van der Waals surface area contributed by atoms with Crippen LogP contribution in [0.1, 0.15) is 5.56 Å². The number of benzene rings is 2. The van der Waals surface area contributed by atoms with E-state index in [1.165, 1.54) is 13.2 Å². The molecule has 1 heterocycles. The van der Waals surface area contributed by atoms with Crippen LogP contribution in [-0.4, -0.2) is 55.6 Å². The van der Waals surface area contributed by atoms with Gasteiger partial charge in [-0.3, -0.25) is 14.9 Å². The molecule has 1 amide bonds. The van der Waals surface area contributed by atoms with Gasteiger partial charge in [-0.25, -0.2) is 0 Å². The molecule has 0 radical (unpaired) electrons. The monoisotopic (exact) mass is 419 g/mol. The van der Waals surface area contributed by atoms with Gasteiger partial charge in [-0.15, -0.1) is 0 Å². The Labute approximate surface area is 173 Å². The highest BCUT2D eigenvalue weighted by molar-refractivity contribution is 6.30. The van der Waals surface area contributed by atoms with Gasteiger partial charge in [0.25, 0.3) is 11.6 Å². The number of amides is 1. The molecule has 1 saturated heterocycles. The summed E-state index contributed by atoms with van der Waals surface area (Å²) in [4.78, 5) is 27.1. The summed E-state index contributed by atoms with van der Waals surface area (Å²) in [5, 5.41) is 12.0. The molecule has 0 aliphatic carbocycles. The van der Waals surface area contributed by atoms with Crippen molar-refractivity contribution in [3.63, 3.8) is 0 Å². The zero-order chi connectivity index (χ0) is 21.0. The van der Waals surface area contributed by atoms with Gasteiger partial charge in [0, 0.05) is 31.2 Å². The Morgan fingerprint density at radius 1 is 1.17 bits per heavy atom. The lowest BCUT2D eigenvalue weighted by atomic mass is 10.2. The number of carbonyl (C=O) groups excluding carboxylic acids is 1. The maximum atomic E-state index is 12.5. The molecule has 0 spiro atoms. The van der Waals surface area contributed by atoms with Crippen LogP contribution in [-0.2, 0) is 4.79 Å². The van der Waals surface area contributed by atoms with E-state index in [0.717, 1.165) is 5.56 Å². The number of methoxy groups -OCH3 is 1. The summed E-state index contributed by atoms with van der Waals surface area (Å²) >= 11 is 5.93. The van der Waals surface area contributed by atoms with Crippen molar-refractivity contribution in [1.82, 2.24) is 4.90 Å². The molecule has 2 aromatic carbocycles. The number of ether oxygens (including phenoxy) is 2. The lowest BCUT2D eigenvalue weighted by Crippen LogP contribution is -2.50. The average Bonchev–Trinajstić information content (AvgIpc) is 2.72. The molecule has 29 heavy (non-hydrogen) atoms. The van der Waals surface area contributed by atoms with Crippen molar-refractivity contribution in [3.8, 4) is 11.5 Å². The van der Waals surface area contributed by atoms with E-state index in [1.807, 2.05) is 11.8 Å². The highest BCUT2D eigenvalue weighted by Crippen LogP contribution is 2.32. The Hall–Kier alpha value is -3.00. The Morgan fingerprint density at radius 3 is 2.52 bits per heavy atom. The van der Waals surface area contributed by atoms with E-state index < -0.39 is 4.92 Å². The number of hydrogen-bond donors (Lipinski definition) is 0. The molecule has 0 aromatic heterocycles. The van der Waals surface area contributed by atoms with Crippen LogP contribution < -0.4 is 14.4 Å². The Kier molecular flexibility index (Phi) is 6.43. The summed E-state index contributed by atoms with van der Waals surface area (Å²) in [5.74, 6) is 0.933. The van der Waals surface area contributed by atoms with Crippen LogP contribution in [0.25, 0.3) is 0 Å². The Morgan fingerprint density at radius 2 is 1.90 bits per heavy atom. The largest absolute Gasteiger partial charge is 0.496 e. The van der Waals surface area contributed by atoms with Gasteiger partial charge in [-0.1, -0.05) is 11.6 Å². The molecule has 1 aliphatic rings. The van der Waals surface area contributed by atoms with Gasteiger partial charge in [-0.2, -0.15) is 0 Å². The molecular formula is C20H22ClN3O5. The minimum absolute atomic E-state index is 0.00864. The zero-order valence-corrected chi connectivity index (χ0v) is 17.0. The molecule has 0 atom stereocenters. The number of rotatable bonds is 6. The second kappa shape index (κ2) is 9.00. The van der Waals surface area contributed by atoms with Crippen LogP contribution in [0.3, 0.4) is 0 Å². The first-order chi connectivity index (χ1) is 13.9. The topological polar surface area (TPSA) is 85.2 Å². The van der Waals surface area contributed by atoms with E-state index in [2.05, 4.69) is 0 Å². The van der Waals surface area contributed by atoms with Crippen LogP contribution >= 0.6 is 11.6 Å². The summed E-state index contributed by atoms with van der Waals surface area (Å²) in [6, 6.07) is 10.0. The van der Waals surface area contributed by atoms with Crippen molar-refractivity contribution in [3.05, 3.63) is 57.1 Å². The first-order valence-corrected chi connectivity index (χ1v) is 9.51. The van der Waals surface area contributed by atoms with E-state index >= 15 is 0 Å². The molecule has 9 heteroatoms. The predicted molar refractivity (Wildman–Crippen MR) is 110 cm³/mol. The number of carbonyl (C=O) groups is 1. The van der Waals surface area contributed by atoms with Crippen LogP contribution in [0.2, 0.25) is 5.02 Å². The Bertz CT molecular complexity index is 913. The lowest BCUT2D eigenvalue weighted by molar-refractivity contribution is -0.384. The number of nitro benzene ring substituents is 1. The average molecular weight is 420 g/mol. The van der Waals surface area contributed by atoms with E-state index in [4.69, 9.17) is 21.1 Å². The first-order valence-electron chi connectivity index (χ1n) is 9.13. The van der Waals surface area contributed by atoms with E-state index in [-0.39, 0.29) is 18.2 Å². The normalized spacial score (nSPS) is 13.9. The van der Waals surface area contributed by atoms with E-state index in [9.17, 15) is 14.9 Å². The molecule has 3 rings (SSSR count). The van der Waals surface area contributed by atoms with Crippen molar-refractivity contribution >= 4 is 28.9 Å². The number of nitro groups is 1. The van der Waals surface area contributed by atoms with Crippen LogP contribution in [0.15, 0.2) is 36.4 Å². The molecule has 0 unspecified atom stereocenters. The van der Waals surface area contributed by atoms with Gasteiger partial charge in [0.05, 0.1) is 18.1 Å². The van der Waals surface area contributed by atoms with Gasteiger partial charge in [-0.05, 0) is 42.8 Å². The molecule has 1 fully saturated rings. The zero-order valence-electron chi connectivity index (χ0n) is 16.3. The van der Waals surface area contributed by atoms with Crippen molar-refractivity contribution in [2.45, 2.75) is 6.92 Å². The second-order valence-corrected chi connectivity index (χ2v) is 7.11. The van der Waals surface area contributed by atoms with Crippen molar-refractivity contribution in [2.24, 2.45) is 0 Å². The van der Waals surface area contributed by atoms with E-state index in [0.29, 0.717) is 48.4 Å². The van der Waals surface area contributed by atoms with Crippen LogP contribution in [0.4, 0.5) is 11.4 Å². The summed E-state index contributed by atoms with van der Waals surface area (Å²) in [6.45, 7) is 3.73. The highest BCUT2D eigenvalue weighted by Gasteiger charge is 2.26. The molecule has 0 bridgehead atoms. The van der Waals surface area contributed by atoms with Crippen molar-refractivity contribution in [2.75, 3.05) is 44.8 Å². The number of halogens is 1. The third kappa shape index (κ3) is 4.89. The molecule has 0 saturated carbocycles. The minimum Gasteiger partial charge on any atom is -0.496 e. The summed E-state index contributed by atoms with van der Waals surface area (Å²) < 4.78 is 10.7. The maximum absolute atomic E-state index is 12.5. The summed E-state index contributed by atoms with van der Waals surface area (Å²) in [5.41, 5.74) is 1.38. The highest BCUT2D eigenvalue weighted by atomic mass is 35.5.